The van der Waals surface area contributed by atoms with Crippen LogP contribution in [0.2, 0.25) is 0 Å². The number of hydrogen-bond acceptors (Lipinski definition) is 4. The van der Waals surface area contributed by atoms with Crippen LogP contribution in [0, 0.1) is 0 Å². The Kier molecular flexibility index (Phi) is 5.84. The van der Waals surface area contributed by atoms with E-state index in [9.17, 15) is 18.3 Å². The lowest BCUT2D eigenvalue weighted by Crippen LogP contribution is -2.33. The number of unbranched alkanes of at least 4 members (excludes halogenated alkanes) is 1. The van der Waals surface area contributed by atoms with E-state index in [1.54, 1.807) is 29.2 Å². The van der Waals surface area contributed by atoms with Gasteiger partial charge in [0.05, 0.1) is 11.9 Å². The van der Waals surface area contributed by atoms with Crippen LogP contribution >= 0.6 is 0 Å². The van der Waals surface area contributed by atoms with Gasteiger partial charge in [0.15, 0.2) is 0 Å². The van der Waals surface area contributed by atoms with Gasteiger partial charge in [-0.1, -0.05) is 13.3 Å². The largest absolute Gasteiger partial charge is 0.391 e. The van der Waals surface area contributed by atoms with E-state index in [1.165, 1.54) is 0 Å². The van der Waals surface area contributed by atoms with Crippen molar-refractivity contribution < 1.29 is 18.3 Å². The molecule has 8 heteroatoms. The van der Waals surface area contributed by atoms with Crippen LogP contribution in [0.4, 0.5) is 16.2 Å². The summed E-state index contributed by atoms with van der Waals surface area (Å²) in [4.78, 5) is 13.5. The minimum atomic E-state index is -3.33. The molecule has 2 amide bonds. The van der Waals surface area contributed by atoms with E-state index < -0.39 is 16.1 Å². The van der Waals surface area contributed by atoms with Crippen molar-refractivity contribution in [3.05, 3.63) is 24.3 Å². The molecule has 1 heterocycles. The third-order valence-corrected chi connectivity index (χ3v) is 5.00. The summed E-state index contributed by atoms with van der Waals surface area (Å²) >= 11 is 0. The van der Waals surface area contributed by atoms with Crippen molar-refractivity contribution in [1.29, 1.82) is 0 Å². The summed E-state index contributed by atoms with van der Waals surface area (Å²) in [5.41, 5.74) is 1.04. The minimum absolute atomic E-state index is 0.0965. The van der Waals surface area contributed by atoms with E-state index >= 15 is 0 Å². The molecule has 0 spiro atoms. The first kappa shape index (κ1) is 17.6. The van der Waals surface area contributed by atoms with Crippen molar-refractivity contribution in [2.45, 2.75) is 32.3 Å². The average molecular weight is 341 g/mol. The zero-order valence-corrected chi connectivity index (χ0v) is 14.0. The molecule has 0 bridgehead atoms. The molecule has 23 heavy (non-hydrogen) atoms. The summed E-state index contributed by atoms with van der Waals surface area (Å²) in [6.45, 7) is 2.80. The lowest BCUT2D eigenvalue weighted by atomic mass is 10.3. The number of carbonyl (C=O) groups is 1. The van der Waals surface area contributed by atoms with Gasteiger partial charge in [-0.15, -0.1) is 0 Å². The minimum Gasteiger partial charge on any atom is -0.391 e. The predicted molar refractivity (Wildman–Crippen MR) is 90.0 cm³/mol. The molecular formula is C15H23N3O4S. The van der Waals surface area contributed by atoms with Crippen molar-refractivity contribution in [2.24, 2.45) is 0 Å². The fourth-order valence-corrected chi connectivity index (χ4v) is 3.58. The van der Waals surface area contributed by atoms with Crippen LogP contribution in [0.3, 0.4) is 0 Å². The average Bonchev–Trinajstić information content (AvgIpc) is 2.94. The number of rotatable bonds is 6. The number of aliphatic hydroxyl groups excluding tert-OH is 1. The Labute approximate surface area is 136 Å². The maximum atomic E-state index is 12.0. The number of urea groups is 1. The Morgan fingerprint density at radius 3 is 2.52 bits per heavy atom. The molecule has 0 aliphatic carbocycles. The topological polar surface area (TPSA) is 98.7 Å². The quantitative estimate of drug-likeness (QED) is 0.735. The number of nitrogens with zero attached hydrogens (tertiary/aromatic N) is 1. The molecular weight excluding hydrogens is 318 g/mol. The summed E-state index contributed by atoms with van der Waals surface area (Å²) in [5, 5.41) is 12.2. The summed E-state index contributed by atoms with van der Waals surface area (Å²) in [6.07, 6.45) is 1.56. The number of anilines is 2. The first-order valence-electron chi connectivity index (χ1n) is 7.74. The van der Waals surface area contributed by atoms with Gasteiger partial charge < -0.3 is 15.3 Å². The molecule has 7 nitrogen and oxygen atoms in total. The number of sulfonamides is 1. The molecule has 3 N–H and O–H groups in total. The van der Waals surface area contributed by atoms with Crippen LogP contribution < -0.4 is 10.0 Å². The molecule has 1 saturated heterocycles. The van der Waals surface area contributed by atoms with E-state index in [1.807, 2.05) is 6.92 Å². The second-order valence-electron chi connectivity index (χ2n) is 5.67. The normalized spacial score (nSPS) is 18.0. The Morgan fingerprint density at radius 2 is 1.96 bits per heavy atom. The fraction of sp³-hybridized carbons (Fsp3) is 0.533. The zero-order chi connectivity index (χ0) is 16.9. The molecule has 0 radical (unpaired) electrons. The number of amides is 2. The van der Waals surface area contributed by atoms with E-state index in [4.69, 9.17) is 0 Å². The summed E-state index contributed by atoms with van der Waals surface area (Å²) < 4.78 is 26.1. The highest BCUT2D eigenvalue weighted by molar-refractivity contribution is 7.92. The van der Waals surface area contributed by atoms with E-state index in [2.05, 4.69) is 10.0 Å². The van der Waals surface area contributed by atoms with Crippen molar-refractivity contribution in [3.63, 3.8) is 0 Å². The Balaban J connectivity index is 1.90. The molecule has 1 fully saturated rings. The molecule has 1 atom stereocenters. The molecule has 2 rings (SSSR count). The van der Waals surface area contributed by atoms with Gasteiger partial charge >= 0.3 is 6.03 Å². The van der Waals surface area contributed by atoms with Crippen LogP contribution in [0.15, 0.2) is 24.3 Å². The van der Waals surface area contributed by atoms with Gasteiger partial charge in [-0.25, -0.2) is 13.2 Å². The molecule has 1 aliphatic rings. The van der Waals surface area contributed by atoms with Gasteiger partial charge in [-0.3, -0.25) is 4.72 Å². The summed E-state index contributed by atoms with van der Waals surface area (Å²) in [5.74, 6) is 0.0965. The number of nitrogens with one attached hydrogen (secondary N) is 2. The van der Waals surface area contributed by atoms with Gasteiger partial charge in [0.25, 0.3) is 0 Å². The SMILES string of the molecule is CCCCS(=O)(=O)Nc1ccc(NC(=O)N2CCC(O)C2)cc1. The van der Waals surface area contributed by atoms with Gasteiger partial charge in [0, 0.05) is 24.5 Å². The van der Waals surface area contributed by atoms with Crippen molar-refractivity contribution >= 4 is 27.4 Å². The molecule has 128 valence electrons. The van der Waals surface area contributed by atoms with Gasteiger partial charge in [0.2, 0.25) is 10.0 Å². The molecule has 1 aromatic rings. The van der Waals surface area contributed by atoms with Crippen LogP contribution in [0.25, 0.3) is 0 Å². The second kappa shape index (κ2) is 7.65. The molecule has 0 aromatic heterocycles. The van der Waals surface area contributed by atoms with Gasteiger partial charge in [-0.05, 0) is 37.1 Å². The molecule has 1 unspecified atom stereocenters. The summed E-state index contributed by atoms with van der Waals surface area (Å²) in [7, 11) is -3.33. The predicted octanol–water partition coefficient (Wildman–Crippen LogP) is 1.83. The highest BCUT2D eigenvalue weighted by Gasteiger charge is 2.24. The van der Waals surface area contributed by atoms with Crippen LogP contribution in [-0.2, 0) is 10.0 Å². The van der Waals surface area contributed by atoms with Gasteiger partial charge in [-0.2, -0.15) is 0 Å². The maximum absolute atomic E-state index is 12.0. The van der Waals surface area contributed by atoms with Crippen LogP contribution in [0.1, 0.15) is 26.2 Å². The number of β-amino-alcohol motifs (C(OH)–C–C–N with tert-alkyl or cyclic N) is 1. The first-order chi connectivity index (χ1) is 10.9. The smallest absolute Gasteiger partial charge is 0.321 e. The number of carbonyl (C=O) groups excluding carboxylic acids is 1. The van der Waals surface area contributed by atoms with Crippen molar-refractivity contribution in [1.82, 2.24) is 4.90 Å². The van der Waals surface area contributed by atoms with Crippen LogP contribution in [-0.4, -0.2) is 49.4 Å². The van der Waals surface area contributed by atoms with E-state index in [-0.39, 0.29) is 11.8 Å². The zero-order valence-electron chi connectivity index (χ0n) is 13.2. The molecule has 1 aliphatic heterocycles. The third kappa shape index (κ3) is 5.40. The highest BCUT2D eigenvalue weighted by Crippen LogP contribution is 2.17. The first-order valence-corrected chi connectivity index (χ1v) is 9.39. The Hall–Kier alpha value is -1.80. The van der Waals surface area contributed by atoms with E-state index in [0.29, 0.717) is 37.3 Å². The second-order valence-corrected chi connectivity index (χ2v) is 7.51. The summed E-state index contributed by atoms with van der Waals surface area (Å²) in [6, 6.07) is 6.23. The molecule has 1 aromatic carbocycles. The van der Waals surface area contributed by atoms with Gasteiger partial charge in [0.1, 0.15) is 0 Å². The van der Waals surface area contributed by atoms with Crippen molar-refractivity contribution in [2.75, 3.05) is 28.9 Å². The maximum Gasteiger partial charge on any atom is 0.321 e. The monoisotopic (exact) mass is 341 g/mol. The fourth-order valence-electron chi connectivity index (χ4n) is 2.32. The van der Waals surface area contributed by atoms with Crippen molar-refractivity contribution in [3.8, 4) is 0 Å². The lowest BCUT2D eigenvalue weighted by molar-refractivity contribution is 0.176. The third-order valence-electron chi connectivity index (χ3n) is 3.63. The highest BCUT2D eigenvalue weighted by atomic mass is 32.2. The number of aliphatic hydroxyl groups is 1. The van der Waals surface area contributed by atoms with Crippen LogP contribution in [0.5, 0.6) is 0 Å². The van der Waals surface area contributed by atoms with E-state index in [0.717, 1.165) is 6.42 Å². The Morgan fingerprint density at radius 1 is 1.30 bits per heavy atom. The molecule has 0 saturated carbocycles. The lowest BCUT2D eigenvalue weighted by Gasteiger charge is -2.16. The standard InChI is InChI=1S/C15H23N3O4S/c1-2-3-10-23(21,22)17-13-6-4-12(5-7-13)16-15(20)18-9-8-14(19)11-18/h4-7,14,17,19H,2-3,8-11H2,1H3,(H,16,20). The number of likely N-dealkylation sites (tertiary alicyclic amines) is 1. The number of hydrogen-bond donors (Lipinski definition) is 3. The number of benzene rings is 1. The Bertz CT molecular complexity index is 631.